The molecule has 0 aromatic carbocycles. The fourth-order valence-corrected chi connectivity index (χ4v) is 1.51. The van der Waals surface area contributed by atoms with Crippen molar-refractivity contribution in [3.05, 3.63) is 23.9 Å². The summed E-state index contributed by atoms with van der Waals surface area (Å²) in [6, 6.07) is 2.96. The van der Waals surface area contributed by atoms with Gasteiger partial charge in [-0.25, -0.2) is 4.98 Å². The highest BCUT2D eigenvalue weighted by Gasteiger charge is 2.12. The maximum absolute atomic E-state index is 10.7. The van der Waals surface area contributed by atoms with Crippen molar-refractivity contribution in [1.82, 2.24) is 4.98 Å². The highest BCUT2D eigenvalue weighted by molar-refractivity contribution is 5.86. The number of anilines is 1. The van der Waals surface area contributed by atoms with Gasteiger partial charge >= 0.3 is 0 Å². The lowest BCUT2D eigenvalue weighted by Crippen LogP contribution is -2.37. The van der Waals surface area contributed by atoms with Gasteiger partial charge in [-0.05, 0) is 12.1 Å². The van der Waals surface area contributed by atoms with E-state index < -0.39 is 5.97 Å². The van der Waals surface area contributed by atoms with Crippen molar-refractivity contribution in [2.24, 2.45) is 0 Å². The van der Waals surface area contributed by atoms with Gasteiger partial charge in [0.15, 0.2) is 0 Å². The number of morpholine rings is 1. The lowest BCUT2D eigenvalue weighted by Gasteiger charge is -2.28. The van der Waals surface area contributed by atoms with Crippen LogP contribution in [0.3, 0.4) is 0 Å². The largest absolute Gasteiger partial charge is 0.545 e. The van der Waals surface area contributed by atoms with Gasteiger partial charge in [-0.1, -0.05) is 0 Å². The second-order valence-electron chi connectivity index (χ2n) is 3.29. The quantitative estimate of drug-likeness (QED) is 0.640. The van der Waals surface area contributed by atoms with Crippen molar-refractivity contribution in [3.63, 3.8) is 0 Å². The Kier molecular flexibility index (Phi) is 2.82. The van der Waals surface area contributed by atoms with Gasteiger partial charge < -0.3 is 19.5 Å². The minimum absolute atomic E-state index is 0.159. The molecule has 0 radical (unpaired) electrons. The maximum Gasteiger partial charge on any atom is 0.129 e. The molecule has 1 aliphatic rings. The Labute approximate surface area is 87.3 Å². The zero-order valence-electron chi connectivity index (χ0n) is 8.18. The first-order valence-electron chi connectivity index (χ1n) is 4.77. The second kappa shape index (κ2) is 4.27. The molecule has 1 aromatic rings. The van der Waals surface area contributed by atoms with Crippen LogP contribution in [0.4, 0.5) is 5.82 Å². The van der Waals surface area contributed by atoms with Crippen LogP contribution in [0, 0.1) is 0 Å². The molecule has 1 fully saturated rings. The third kappa shape index (κ3) is 2.24. The van der Waals surface area contributed by atoms with Crippen LogP contribution >= 0.6 is 0 Å². The Balaban J connectivity index is 2.19. The smallest absolute Gasteiger partial charge is 0.129 e. The Hall–Kier alpha value is -1.62. The van der Waals surface area contributed by atoms with E-state index in [1.165, 1.54) is 18.3 Å². The monoisotopic (exact) mass is 207 g/mol. The average Bonchev–Trinajstić information content (AvgIpc) is 2.30. The predicted octanol–water partition coefficient (Wildman–Crippen LogP) is -0.718. The number of ether oxygens (including phenoxy) is 1. The van der Waals surface area contributed by atoms with Crippen molar-refractivity contribution in [2.75, 3.05) is 31.2 Å². The number of carboxylic acids is 1. The van der Waals surface area contributed by atoms with Gasteiger partial charge in [-0.2, -0.15) is 0 Å². The standard InChI is InChI=1S/C10H12N2O3/c13-10(14)8-1-2-11-9(7-8)12-3-5-15-6-4-12/h1-2,7H,3-6H2,(H,13,14)/p-1. The van der Waals surface area contributed by atoms with Crippen LogP contribution in [0.5, 0.6) is 0 Å². The highest BCUT2D eigenvalue weighted by Crippen LogP contribution is 2.13. The third-order valence-corrected chi connectivity index (χ3v) is 2.32. The molecule has 80 valence electrons. The molecule has 0 amide bonds. The number of pyridine rings is 1. The predicted molar refractivity (Wildman–Crippen MR) is 51.6 cm³/mol. The number of carbonyl (C=O) groups is 1. The van der Waals surface area contributed by atoms with Crippen LogP contribution in [0.2, 0.25) is 0 Å². The summed E-state index contributed by atoms with van der Waals surface area (Å²) in [6.45, 7) is 2.78. The second-order valence-corrected chi connectivity index (χ2v) is 3.29. The molecule has 2 heterocycles. The zero-order valence-corrected chi connectivity index (χ0v) is 8.18. The van der Waals surface area contributed by atoms with Gasteiger partial charge in [0.1, 0.15) is 5.82 Å². The molecule has 1 saturated heterocycles. The van der Waals surface area contributed by atoms with Gasteiger partial charge in [0.2, 0.25) is 0 Å². The summed E-state index contributed by atoms with van der Waals surface area (Å²) in [5, 5.41) is 10.7. The van der Waals surface area contributed by atoms with Gasteiger partial charge in [0, 0.05) is 24.8 Å². The summed E-state index contributed by atoms with van der Waals surface area (Å²) in [5.41, 5.74) is 0.159. The van der Waals surface area contributed by atoms with Gasteiger partial charge in [0.05, 0.1) is 19.2 Å². The molecule has 15 heavy (non-hydrogen) atoms. The SMILES string of the molecule is O=C([O-])c1ccnc(N2CCOCC2)c1. The Morgan fingerprint density at radius 2 is 2.20 bits per heavy atom. The summed E-state index contributed by atoms with van der Waals surface area (Å²) in [7, 11) is 0. The maximum atomic E-state index is 10.7. The zero-order chi connectivity index (χ0) is 10.7. The first kappa shape index (κ1) is 9.92. The van der Waals surface area contributed by atoms with Crippen LogP contribution in [0.15, 0.2) is 18.3 Å². The molecular formula is C10H11N2O3-. The molecule has 0 unspecified atom stereocenters. The van der Waals surface area contributed by atoms with Crippen molar-refractivity contribution in [2.45, 2.75) is 0 Å². The van der Waals surface area contributed by atoms with E-state index >= 15 is 0 Å². The molecule has 0 aliphatic carbocycles. The number of aromatic nitrogens is 1. The Bertz CT molecular complexity index is 361. The summed E-state index contributed by atoms with van der Waals surface area (Å²) in [5.74, 6) is -0.507. The number of carboxylic acid groups (broad SMARTS) is 1. The van der Waals surface area contributed by atoms with Gasteiger partial charge in [0.25, 0.3) is 0 Å². The van der Waals surface area contributed by atoms with E-state index in [-0.39, 0.29) is 5.56 Å². The van der Waals surface area contributed by atoms with Crippen LogP contribution in [0.1, 0.15) is 10.4 Å². The molecule has 0 saturated carbocycles. The molecule has 2 rings (SSSR count). The summed E-state index contributed by atoms with van der Waals surface area (Å²) in [4.78, 5) is 16.8. The summed E-state index contributed by atoms with van der Waals surface area (Å²) < 4.78 is 5.20. The molecular weight excluding hydrogens is 196 g/mol. The third-order valence-electron chi connectivity index (χ3n) is 2.32. The molecule has 5 heteroatoms. The van der Waals surface area contributed by atoms with Crippen LogP contribution < -0.4 is 10.0 Å². The minimum atomic E-state index is -1.17. The lowest BCUT2D eigenvalue weighted by atomic mass is 10.2. The van der Waals surface area contributed by atoms with E-state index in [0.29, 0.717) is 19.0 Å². The average molecular weight is 207 g/mol. The normalized spacial score (nSPS) is 16.4. The number of carbonyl (C=O) groups excluding carboxylic acids is 1. The molecule has 0 bridgehead atoms. The Morgan fingerprint density at radius 3 is 2.87 bits per heavy atom. The highest BCUT2D eigenvalue weighted by atomic mass is 16.5. The fourth-order valence-electron chi connectivity index (χ4n) is 1.51. The minimum Gasteiger partial charge on any atom is -0.545 e. The first-order valence-corrected chi connectivity index (χ1v) is 4.77. The lowest BCUT2D eigenvalue weighted by molar-refractivity contribution is -0.255. The summed E-state index contributed by atoms with van der Waals surface area (Å²) in [6.07, 6.45) is 1.48. The van der Waals surface area contributed by atoms with Crippen molar-refractivity contribution in [3.8, 4) is 0 Å². The number of aromatic carboxylic acids is 1. The van der Waals surface area contributed by atoms with Crippen molar-refractivity contribution >= 4 is 11.8 Å². The van der Waals surface area contributed by atoms with Crippen LogP contribution in [-0.2, 0) is 4.74 Å². The fraction of sp³-hybridized carbons (Fsp3) is 0.400. The van der Waals surface area contributed by atoms with E-state index in [0.717, 1.165) is 13.1 Å². The molecule has 5 nitrogen and oxygen atoms in total. The number of hydrogen-bond donors (Lipinski definition) is 0. The Morgan fingerprint density at radius 1 is 1.47 bits per heavy atom. The van der Waals surface area contributed by atoms with Gasteiger partial charge in [-0.15, -0.1) is 0 Å². The van der Waals surface area contributed by atoms with E-state index in [2.05, 4.69) is 4.98 Å². The molecule has 0 N–H and O–H groups in total. The number of rotatable bonds is 2. The number of hydrogen-bond acceptors (Lipinski definition) is 5. The molecule has 0 spiro atoms. The van der Waals surface area contributed by atoms with Crippen molar-refractivity contribution in [1.29, 1.82) is 0 Å². The van der Waals surface area contributed by atoms with Crippen LogP contribution in [-0.4, -0.2) is 37.3 Å². The van der Waals surface area contributed by atoms with E-state index in [9.17, 15) is 9.90 Å². The molecule has 1 aromatic heterocycles. The van der Waals surface area contributed by atoms with E-state index in [1.54, 1.807) is 0 Å². The van der Waals surface area contributed by atoms with Gasteiger partial charge in [-0.3, -0.25) is 0 Å². The summed E-state index contributed by atoms with van der Waals surface area (Å²) >= 11 is 0. The van der Waals surface area contributed by atoms with E-state index in [4.69, 9.17) is 4.74 Å². The van der Waals surface area contributed by atoms with Crippen LogP contribution in [0.25, 0.3) is 0 Å². The van der Waals surface area contributed by atoms with Crippen molar-refractivity contribution < 1.29 is 14.6 Å². The number of nitrogens with zero attached hydrogens (tertiary/aromatic N) is 2. The van der Waals surface area contributed by atoms with E-state index in [1.807, 2.05) is 4.90 Å². The topological polar surface area (TPSA) is 65.5 Å². The molecule has 0 atom stereocenters. The first-order chi connectivity index (χ1) is 7.27. The molecule has 1 aliphatic heterocycles.